The zero-order valence-electron chi connectivity index (χ0n) is 17.4. The standard InChI is InChI=1S/C25H20O6/c1-4-18(26)30-24-16-9-7-6-8-14(16)20-21(22(24)28)15-11-10-13(3)12-17(15)25(23(20)29)31-19(27)5-2/h6-12H,4-5H2,1-3H3. The molecule has 0 N–H and O–H groups in total. The third kappa shape index (κ3) is 3.30. The summed E-state index contributed by atoms with van der Waals surface area (Å²) in [5.74, 6) is -2.38. The van der Waals surface area contributed by atoms with Gasteiger partial charge in [-0.05, 0) is 23.4 Å². The SMILES string of the molecule is CCC(=O)OC1=c2ccccc2=C2C(=O)C(OC(=O)CC)=c3cc(C)ccc3=C2C1=O. The molecule has 0 saturated carbocycles. The van der Waals surface area contributed by atoms with Crippen LogP contribution in [0.1, 0.15) is 32.3 Å². The van der Waals surface area contributed by atoms with Crippen LogP contribution in [0.2, 0.25) is 0 Å². The van der Waals surface area contributed by atoms with Crippen LogP contribution < -0.4 is 20.9 Å². The van der Waals surface area contributed by atoms with Crippen molar-refractivity contribution in [3.05, 3.63) is 68.9 Å². The summed E-state index contributed by atoms with van der Waals surface area (Å²) < 4.78 is 10.8. The Labute approximate surface area is 177 Å². The largest absolute Gasteiger partial charge is 0.422 e. The van der Waals surface area contributed by atoms with E-state index in [9.17, 15) is 19.2 Å². The number of rotatable bonds is 4. The van der Waals surface area contributed by atoms with Crippen LogP contribution in [0.15, 0.2) is 42.5 Å². The molecule has 0 spiro atoms. The van der Waals surface area contributed by atoms with Crippen molar-refractivity contribution in [1.82, 2.24) is 0 Å². The van der Waals surface area contributed by atoms with Crippen LogP contribution >= 0.6 is 0 Å². The Bertz CT molecular complexity index is 1430. The van der Waals surface area contributed by atoms with Gasteiger partial charge in [-0.1, -0.05) is 55.8 Å². The highest BCUT2D eigenvalue weighted by Gasteiger charge is 2.37. The van der Waals surface area contributed by atoms with E-state index in [1.807, 2.05) is 13.0 Å². The molecule has 0 saturated heterocycles. The molecule has 2 aromatic rings. The number of Topliss-reactive ketones (excluding diaryl/α,β-unsaturated/α-hetero) is 2. The number of aryl methyl sites for hydroxylation is 1. The van der Waals surface area contributed by atoms with E-state index in [1.165, 1.54) is 0 Å². The van der Waals surface area contributed by atoms with Crippen molar-refractivity contribution < 1.29 is 28.7 Å². The molecule has 2 aliphatic carbocycles. The van der Waals surface area contributed by atoms with Gasteiger partial charge < -0.3 is 9.47 Å². The molecule has 2 aliphatic rings. The van der Waals surface area contributed by atoms with E-state index in [-0.39, 0.29) is 35.5 Å². The summed E-state index contributed by atoms with van der Waals surface area (Å²) in [5, 5.41) is 1.65. The molecule has 4 rings (SSSR count). The number of benzene rings is 2. The van der Waals surface area contributed by atoms with Crippen LogP contribution in [-0.4, -0.2) is 23.5 Å². The summed E-state index contributed by atoms with van der Waals surface area (Å²) >= 11 is 0. The second-order valence-corrected chi connectivity index (χ2v) is 7.32. The van der Waals surface area contributed by atoms with Crippen molar-refractivity contribution in [3.63, 3.8) is 0 Å². The van der Waals surface area contributed by atoms with E-state index in [0.717, 1.165) is 5.56 Å². The van der Waals surface area contributed by atoms with Crippen LogP contribution in [0.3, 0.4) is 0 Å². The van der Waals surface area contributed by atoms with Crippen molar-refractivity contribution in [1.29, 1.82) is 0 Å². The van der Waals surface area contributed by atoms with Gasteiger partial charge in [0.1, 0.15) is 0 Å². The number of esters is 2. The van der Waals surface area contributed by atoms with Crippen molar-refractivity contribution in [2.75, 3.05) is 0 Å². The molecule has 31 heavy (non-hydrogen) atoms. The zero-order chi connectivity index (χ0) is 22.3. The fourth-order valence-electron chi connectivity index (χ4n) is 3.75. The van der Waals surface area contributed by atoms with E-state index in [4.69, 9.17) is 9.47 Å². The van der Waals surface area contributed by atoms with E-state index >= 15 is 0 Å². The molecular formula is C25H20O6. The van der Waals surface area contributed by atoms with Crippen LogP contribution in [0.5, 0.6) is 0 Å². The number of carbonyl (C=O) groups is 4. The first-order chi connectivity index (χ1) is 14.9. The first-order valence-electron chi connectivity index (χ1n) is 10.1. The Kier molecular flexibility index (Phi) is 5.15. The highest BCUT2D eigenvalue weighted by molar-refractivity contribution is 6.58. The summed E-state index contributed by atoms with van der Waals surface area (Å²) in [4.78, 5) is 51.1. The van der Waals surface area contributed by atoms with Gasteiger partial charge in [0.05, 0.1) is 0 Å². The molecule has 0 unspecified atom stereocenters. The predicted octanol–water partition coefficient (Wildman–Crippen LogP) is 0.285. The quantitative estimate of drug-likeness (QED) is 0.666. The smallest absolute Gasteiger partial charge is 0.311 e. The summed E-state index contributed by atoms with van der Waals surface area (Å²) in [5.41, 5.74) is 1.13. The molecule has 0 aliphatic heterocycles. The summed E-state index contributed by atoms with van der Waals surface area (Å²) in [6, 6.07) is 12.0. The van der Waals surface area contributed by atoms with Gasteiger partial charge in [0.25, 0.3) is 0 Å². The number of fused-ring (bicyclic) bond motifs is 3. The number of carbonyl (C=O) groups excluding carboxylic acids is 4. The minimum atomic E-state index is -0.546. The third-order valence-corrected chi connectivity index (χ3v) is 5.26. The Morgan fingerprint density at radius 1 is 0.710 bits per heavy atom. The van der Waals surface area contributed by atoms with E-state index in [2.05, 4.69) is 0 Å². The molecule has 6 nitrogen and oxygen atoms in total. The first-order valence-corrected chi connectivity index (χ1v) is 10.1. The molecule has 0 atom stereocenters. The molecule has 6 heteroatoms. The minimum absolute atomic E-state index is 0.0964. The molecule has 0 bridgehead atoms. The summed E-state index contributed by atoms with van der Waals surface area (Å²) in [6.45, 7) is 5.12. The zero-order valence-corrected chi connectivity index (χ0v) is 17.4. The molecule has 156 valence electrons. The number of hydrogen-bond donors (Lipinski definition) is 0. The Balaban J connectivity index is 2.18. The predicted molar refractivity (Wildman–Crippen MR) is 113 cm³/mol. The van der Waals surface area contributed by atoms with E-state index in [0.29, 0.717) is 20.9 Å². The lowest BCUT2D eigenvalue weighted by atomic mass is 9.83. The molecule has 0 amide bonds. The van der Waals surface area contributed by atoms with Crippen LogP contribution in [0, 0.1) is 6.92 Å². The van der Waals surface area contributed by atoms with Gasteiger partial charge in [-0.3, -0.25) is 19.2 Å². The van der Waals surface area contributed by atoms with Crippen molar-refractivity contribution >= 4 is 46.2 Å². The first kappa shape index (κ1) is 20.5. The van der Waals surface area contributed by atoms with Gasteiger partial charge >= 0.3 is 11.9 Å². The monoisotopic (exact) mass is 416 g/mol. The lowest BCUT2D eigenvalue weighted by Crippen LogP contribution is -2.47. The topological polar surface area (TPSA) is 86.7 Å². The normalized spacial score (nSPS) is 14.7. The molecule has 0 radical (unpaired) electrons. The fourth-order valence-corrected chi connectivity index (χ4v) is 3.75. The molecule has 2 aromatic carbocycles. The van der Waals surface area contributed by atoms with Gasteiger partial charge in [0, 0.05) is 34.4 Å². The fraction of sp³-hybridized carbons (Fsp3) is 0.200. The lowest BCUT2D eigenvalue weighted by molar-refractivity contribution is -0.138. The third-order valence-electron chi connectivity index (χ3n) is 5.26. The second-order valence-electron chi connectivity index (χ2n) is 7.32. The van der Waals surface area contributed by atoms with E-state index in [1.54, 1.807) is 50.2 Å². The van der Waals surface area contributed by atoms with Gasteiger partial charge in [-0.15, -0.1) is 0 Å². The molecule has 0 heterocycles. The molecule has 0 aromatic heterocycles. The summed E-state index contributed by atoms with van der Waals surface area (Å²) in [7, 11) is 0. The van der Waals surface area contributed by atoms with Crippen molar-refractivity contribution in [2.24, 2.45) is 0 Å². The van der Waals surface area contributed by atoms with Crippen LogP contribution in [0.25, 0.3) is 22.7 Å². The Morgan fingerprint density at radius 3 is 1.74 bits per heavy atom. The van der Waals surface area contributed by atoms with Gasteiger partial charge in [0.15, 0.2) is 11.5 Å². The average Bonchev–Trinajstić information content (AvgIpc) is 2.77. The van der Waals surface area contributed by atoms with Crippen LogP contribution in [-0.2, 0) is 28.7 Å². The maximum atomic E-state index is 13.5. The Hall–Kier alpha value is -3.80. The molecule has 0 fully saturated rings. The second kappa shape index (κ2) is 7.80. The van der Waals surface area contributed by atoms with Crippen molar-refractivity contribution in [2.45, 2.75) is 33.6 Å². The minimum Gasteiger partial charge on any atom is -0.422 e. The maximum Gasteiger partial charge on any atom is 0.311 e. The number of hydrogen-bond acceptors (Lipinski definition) is 6. The highest BCUT2D eigenvalue weighted by atomic mass is 16.5. The van der Waals surface area contributed by atoms with Crippen LogP contribution in [0.4, 0.5) is 0 Å². The summed E-state index contributed by atoms with van der Waals surface area (Å²) in [6.07, 6.45) is 0.203. The Morgan fingerprint density at radius 2 is 1.19 bits per heavy atom. The van der Waals surface area contributed by atoms with E-state index < -0.39 is 23.5 Å². The number of ketones is 2. The number of ether oxygens (including phenoxy) is 2. The van der Waals surface area contributed by atoms with Crippen molar-refractivity contribution in [3.8, 4) is 0 Å². The molecular weight excluding hydrogens is 396 g/mol. The maximum absolute atomic E-state index is 13.5. The van der Waals surface area contributed by atoms with Gasteiger partial charge in [-0.2, -0.15) is 0 Å². The average molecular weight is 416 g/mol. The highest BCUT2D eigenvalue weighted by Crippen LogP contribution is 2.26. The van der Waals surface area contributed by atoms with Gasteiger partial charge in [-0.25, -0.2) is 0 Å². The lowest BCUT2D eigenvalue weighted by Gasteiger charge is -2.22. The van der Waals surface area contributed by atoms with Gasteiger partial charge in [0.2, 0.25) is 11.6 Å².